The zero-order valence-corrected chi connectivity index (χ0v) is 18.3. The Balaban J connectivity index is 1.80. The predicted molar refractivity (Wildman–Crippen MR) is 122 cm³/mol. The minimum Gasteiger partial charge on any atom is -0.478 e. The number of halogens is 1. The van der Waals surface area contributed by atoms with Crippen molar-refractivity contribution in [3.05, 3.63) is 94.3 Å². The molecule has 0 spiro atoms. The molecular formula is C25H29ClN2O2. The van der Waals surface area contributed by atoms with Crippen molar-refractivity contribution in [3.8, 4) is 0 Å². The van der Waals surface area contributed by atoms with Crippen molar-refractivity contribution in [3.63, 3.8) is 0 Å². The van der Waals surface area contributed by atoms with Crippen molar-refractivity contribution in [2.45, 2.75) is 45.7 Å². The second-order valence-electron chi connectivity index (χ2n) is 7.72. The Hall–Kier alpha value is -2.72. The molecule has 158 valence electrons. The molecule has 2 aromatic rings. The van der Waals surface area contributed by atoms with E-state index < -0.39 is 5.97 Å². The third-order valence-corrected chi connectivity index (χ3v) is 5.97. The summed E-state index contributed by atoms with van der Waals surface area (Å²) in [6.07, 6.45) is 6.06. The molecule has 5 heteroatoms. The van der Waals surface area contributed by atoms with Gasteiger partial charge in [-0.3, -0.25) is 0 Å². The van der Waals surface area contributed by atoms with Crippen LogP contribution in [0.15, 0.2) is 78.1 Å². The number of carboxylic acids is 1. The van der Waals surface area contributed by atoms with Gasteiger partial charge in [0.1, 0.15) is 0 Å². The van der Waals surface area contributed by atoms with Crippen LogP contribution in [0, 0.1) is 0 Å². The van der Waals surface area contributed by atoms with Crippen molar-refractivity contribution < 1.29 is 9.90 Å². The Morgan fingerprint density at radius 2 is 1.87 bits per heavy atom. The first kappa shape index (κ1) is 22.0. The zero-order valence-electron chi connectivity index (χ0n) is 17.6. The van der Waals surface area contributed by atoms with E-state index in [-0.39, 0.29) is 0 Å². The average Bonchev–Trinajstić information content (AvgIpc) is 3.15. The second-order valence-corrected chi connectivity index (χ2v) is 8.13. The molecule has 3 rings (SSSR count). The van der Waals surface area contributed by atoms with Crippen molar-refractivity contribution >= 4 is 17.6 Å². The van der Waals surface area contributed by atoms with Crippen LogP contribution in [0.1, 0.15) is 37.8 Å². The predicted octanol–water partition coefficient (Wildman–Crippen LogP) is 5.70. The SMILES string of the molecule is CCC(C)N1C=C(CC=C(Cc2ccccc2)C(=O)O)N(Cc2ccccc2Cl)C1. The average molecular weight is 425 g/mol. The molecule has 0 saturated heterocycles. The molecule has 1 heterocycles. The Bertz CT molecular complexity index is 924. The van der Waals surface area contributed by atoms with Crippen LogP contribution in [-0.4, -0.2) is 33.6 Å². The smallest absolute Gasteiger partial charge is 0.331 e. The maximum atomic E-state index is 11.8. The number of nitrogens with zero attached hydrogens (tertiary/aromatic N) is 2. The molecule has 30 heavy (non-hydrogen) atoms. The van der Waals surface area contributed by atoms with Crippen LogP contribution < -0.4 is 0 Å². The lowest BCUT2D eigenvalue weighted by atomic mass is 10.0. The van der Waals surface area contributed by atoms with Gasteiger partial charge in [0.2, 0.25) is 0 Å². The fourth-order valence-electron chi connectivity index (χ4n) is 3.55. The number of carbonyl (C=O) groups is 1. The van der Waals surface area contributed by atoms with E-state index in [1.807, 2.05) is 60.7 Å². The number of aliphatic carboxylic acids is 1. The fourth-order valence-corrected chi connectivity index (χ4v) is 3.74. The van der Waals surface area contributed by atoms with E-state index in [1.54, 1.807) is 0 Å². The van der Waals surface area contributed by atoms with Gasteiger partial charge in [-0.15, -0.1) is 0 Å². The molecule has 0 saturated carbocycles. The van der Waals surface area contributed by atoms with E-state index in [2.05, 4.69) is 29.8 Å². The zero-order chi connectivity index (χ0) is 21.5. The molecule has 2 aromatic carbocycles. The largest absolute Gasteiger partial charge is 0.478 e. The maximum Gasteiger partial charge on any atom is 0.331 e. The van der Waals surface area contributed by atoms with Gasteiger partial charge in [-0.25, -0.2) is 4.79 Å². The lowest BCUT2D eigenvalue weighted by Gasteiger charge is -2.27. The molecule has 1 atom stereocenters. The van der Waals surface area contributed by atoms with Gasteiger partial charge in [0, 0.05) is 47.9 Å². The summed E-state index contributed by atoms with van der Waals surface area (Å²) in [6, 6.07) is 18.0. The lowest BCUT2D eigenvalue weighted by molar-refractivity contribution is -0.132. The highest BCUT2D eigenvalue weighted by Gasteiger charge is 2.24. The molecule has 0 bridgehead atoms. The summed E-state index contributed by atoms with van der Waals surface area (Å²) in [7, 11) is 0. The third kappa shape index (κ3) is 5.67. The summed E-state index contributed by atoms with van der Waals surface area (Å²) in [4.78, 5) is 16.4. The van der Waals surface area contributed by atoms with Gasteiger partial charge in [-0.05, 0) is 30.5 Å². The Labute approximate surface area is 184 Å². The molecule has 0 fully saturated rings. The Morgan fingerprint density at radius 3 is 2.53 bits per heavy atom. The van der Waals surface area contributed by atoms with Crippen LogP contribution in [0.3, 0.4) is 0 Å². The summed E-state index contributed by atoms with van der Waals surface area (Å²) in [5, 5.41) is 10.4. The van der Waals surface area contributed by atoms with Crippen LogP contribution in [0.2, 0.25) is 5.02 Å². The van der Waals surface area contributed by atoms with E-state index in [0.29, 0.717) is 31.0 Å². The second kappa shape index (κ2) is 10.4. The molecule has 4 nitrogen and oxygen atoms in total. The van der Waals surface area contributed by atoms with E-state index in [9.17, 15) is 9.90 Å². The first-order valence-corrected chi connectivity index (χ1v) is 10.8. The molecule has 0 radical (unpaired) electrons. The third-order valence-electron chi connectivity index (χ3n) is 5.60. The van der Waals surface area contributed by atoms with E-state index in [0.717, 1.165) is 34.9 Å². The quantitative estimate of drug-likeness (QED) is 0.524. The highest BCUT2D eigenvalue weighted by Crippen LogP contribution is 2.27. The molecular weight excluding hydrogens is 396 g/mol. The van der Waals surface area contributed by atoms with Gasteiger partial charge in [0.15, 0.2) is 0 Å². The molecule has 0 aromatic heterocycles. The topological polar surface area (TPSA) is 43.8 Å². The molecule has 1 unspecified atom stereocenters. The van der Waals surface area contributed by atoms with Crippen LogP contribution in [-0.2, 0) is 17.8 Å². The molecule has 1 N–H and O–H groups in total. The fraction of sp³-hybridized carbons (Fsp3) is 0.320. The number of hydrogen-bond donors (Lipinski definition) is 1. The van der Waals surface area contributed by atoms with Gasteiger partial charge in [0.25, 0.3) is 0 Å². The lowest BCUT2D eigenvalue weighted by Crippen LogP contribution is -2.32. The maximum absolute atomic E-state index is 11.8. The summed E-state index contributed by atoms with van der Waals surface area (Å²) in [5.41, 5.74) is 3.60. The van der Waals surface area contributed by atoms with Gasteiger partial charge in [-0.2, -0.15) is 0 Å². The van der Waals surface area contributed by atoms with Crippen LogP contribution in [0.5, 0.6) is 0 Å². The first-order chi connectivity index (χ1) is 14.5. The van der Waals surface area contributed by atoms with Crippen molar-refractivity contribution in [2.75, 3.05) is 6.67 Å². The van der Waals surface area contributed by atoms with Crippen molar-refractivity contribution in [1.82, 2.24) is 9.80 Å². The van der Waals surface area contributed by atoms with E-state index in [1.165, 1.54) is 0 Å². The standard InChI is InChI=1S/C25H29ClN2O2/c1-3-19(2)27-17-23(28(18-27)16-22-11-7-8-12-24(22)26)14-13-21(25(29)30)15-20-9-5-4-6-10-20/h4-13,17,19H,3,14-16,18H2,1-2H3,(H,29,30). The Kier molecular flexibility index (Phi) is 7.58. The monoisotopic (exact) mass is 424 g/mol. The highest BCUT2D eigenvalue weighted by atomic mass is 35.5. The normalized spacial score (nSPS) is 15.3. The Morgan fingerprint density at radius 1 is 1.17 bits per heavy atom. The summed E-state index contributed by atoms with van der Waals surface area (Å²) >= 11 is 6.39. The minimum atomic E-state index is -0.867. The number of rotatable bonds is 9. The minimum absolute atomic E-state index is 0.418. The molecule has 0 amide bonds. The summed E-state index contributed by atoms with van der Waals surface area (Å²) < 4.78 is 0. The number of benzene rings is 2. The molecule has 0 aliphatic carbocycles. The van der Waals surface area contributed by atoms with Gasteiger partial charge in [-0.1, -0.05) is 73.1 Å². The summed E-state index contributed by atoms with van der Waals surface area (Å²) in [5.74, 6) is -0.867. The van der Waals surface area contributed by atoms with Crippen LogP contribution in [0.4, 0.5) is 0 Å². The number of hydrogen-bond acceptors (Lipinski definition) is 3. The van der Waals surface area contributed by atoms with Crippen LogP contribution >= 0.6 is 11.6 Å². The van der Waals surface area contributed by atoms with Gasteiger partial charge >= 0.3 is 5.97 Å². The van der Waals surface area contributed by atoms with Crippen LogP contribution in [0.25, 0.3) is 0 Å². The van der Waals surface area contributed by atoms with Crippen molar-refractivity contribution in [2.24, 2.45) is 0 Å². The molecule has 1 aliphatic heterocycles. The first-order valence-electron chi connectivity index (χ1n) is 10.4. The highest BCUT2D eigenvalue weighted by molar-refractivity contribution is 6.31. The number of allylic oxidation sites excluding steroid dienone is 1. The van der Waals surface area contributed by atoms with Gasteiger partial charge in [0.05, 0.1) is 6.67 Å². The van der Waals surface area contributed by atoms with E-state index in [4.69, 9.17) is 11.6 Å². The van der Waals surface area contributed by atoms with Gasteiger partial charge < -0.3 is 14.9 Å². The molecule has 1 aliphatic rings. The van der Waals surface area contributed by atoms with E-state index >= 15 is 0 Å². The summed E-state index contributed by atoms with van der Waals surface area (Å²) in [6.45, 7) is 5.87. The van der Waals surface area contributed by atoms with Crippen molar-refractivity contribution in [1.29, 1.82) is 0 Å². The number of carboxylic acid groups (broad SMARTS) is 1.